The van der Waals surface area contributed by atoms with Crippen LogP contribution in [0.3, 0.4) is 0 Å². The maximum Gasteiger partial charge on any atom is 0.200 e. The van der Waals surface area contributed by atoms with Gasteiger partial charge in [-0.3, -0.25) is 0 Å². The Balaban J connectivity index is 1.98. The summed E-state index contributed by atoms with van der Waals surface area (Å²) in [5.41, 5.74) is 2.87. The first kappa shape index (κ1) is 22.0. The molecule has 1 aromatic rings. The summed E-state index contributed by atoms with van der Waals surface area (Å²) in [6, 6.07) is 8.46. The fourth-order valence-corrected chi connectivity index (χ4v) is 11.0. The summed E-state index contributed by atoms with van der Waals surface area (Å²) in [7, 11) is -1.93. The molecular weight excluding hydrogens is 360 g/mol. The quantitative estimate of drug-likeness (QED) is 0.567. The third-order valence-corrected chi connectivity index (χ3v) is 12.9. The number of benzene rings is 1. The summed E-state index contributed by atoms with van der Waals surface area (Å²) in [6.45, 7) is 16.3. The third kappa shape index (κ3) is 4.93. The summed E-state index contributed by atoms with van der Waals surface area (Å²) >= 11 is 1.69. The van der Waals surface area contributed by atoms with Crippen LogP contribution in [-0.4, -0.2) is 37.7 Å². The first-order valence-corrected chi connectivity index (χ1v) is 12.9. The van der Waals surface area contributed by atoms with Gasteiger partial charge in [-0.25, -0.2) is 0 Å². The van der Waals surface area contributed by atoms with E-state index in [0.29, 0.717) is 29.7 Å². The zero-order valence-electron chi connectivity index (χ0n) is 17.4. The second-order valence-corrected chi connectivity index (χ2v) is 15.2. The Bertz CT molecular complexity index is 537. The molecule has 1 saturated heterocycles. The normalized spacial score (nSPS) is 24.2. The smallest absolute Gasteiger partial charge is 0.200 e. The highest BCUT2D eigenvalue weighted by molar-refractivity contribution is 7.99. The molecule has 5 heteroatoms. The van der Waals surface area contributed by atoms with Gasteiger partial charge in [0.25, 0.3) is 0 Å². The first-order valence-electron chi connectivity index (χ1n) is 9.87. The van der Waals surface area contributed by atoms with Crippen LogP contribution >= 0.6 is 11.8 Å². The summed E-state index contributed by atoms with van der Waals surface area (Å²) < 4.78 is 12.8. The Labute approximate surface area is 165 Å². The van der Waals surface area contributed by atoms with Crippen LogP contribution in [0.5, 0.6) is 0 Å². The van der Waals surface area contributed by atoms with Crippen molar-refractivity contribution in [1.29, 1.82) is 0 Å². The lowest BCUT2D eigenvalue weighted by atomic mass is 10.2. The molecule has 1 heterocycles. The predicted octanol–water partition coefficient (Wildman–Crippen LogP) is 5.76. The molecule has 0 aliphatic carbocycles. The molecule has 2 rings (SSSR count). The minimum Gasteiger partial charge on any atom is -0.413 e. The topological polar surface area (TPSA) is 38.7 Å². The molecule has 0 radical (unpaired) electrons. The van der Waals surface area contributed by atoms with Gasteiger partial charge in [0.2, 0.25) is 0 Å². The average Bonchev–Trinajstić information content (AvgIpc) is 2.89. The summed E-state index contributed by atoms with van der Waals surface area (Å²) in [6.07, 6.45) is -0.0104. The van der Waals surface area contributed by atoms with Crippen molar-refractivity contribution in [3.8, 4) is 0 Å². The van der Waals surface area contributed by atoms with Crippen LogP contribution in [0.25, 0.3) is 0 Å². The van der Waals surface area contributed by atoms with Crippen molar-refractivity contribution < 1.29 is 14.3 Å². The van der Waals surface area contributed by atoms with Crippen molar-refractivity contribution in [3.05, 3.63) is 29.8 Å². The van der Waals surface area contributed by atoms with Crippen LogP contribution in [0.2, 0.25) is 16.6 Å². The highest BCUT2D eigenvalue weighted by atomic mass is 32.2. The Kier molecular flexibility index (Phi) is 7.81. The highest BCUT2D eigenvalue weighted by Gasteiger charge is 2.46. The Morgan fingerprint density at radius 1 is 1.08 bits per heavy atom. The maximum atomic E-state index is 10.5. The number of aliphatic hydroxyl groups is 1. The molecule has 148 valence electrons. The molecule has 0 unspecified atom stereocenters. The standard InChI is InChI=1S/C21H36O3SSi/c1-14(2)26(15(3)4,16(5)6)23-13-20-19(22)12-21(24-20)25-18-10-8-17(7)9-11-18/h8-11,14-16,19-22H,12-13H2,1-7H3/t19-,20+,21-/m0/s1. The molecule has 1 aromatic carbocycles. The second-order valence-electron chi connectivity index (χ2n) is 8.47. The molecule has 1 aliphatic rings. The number of hydrogen-bond donors (Lipinski definition) is 1. The Morgan fingerprint density at radius 3 is 2.12 bits per heavy atom. The van der Waals surface area contributed by atoms with E-state index in [1.807, 2.05) is 0 Å². The first-order chi connectivity index (χ1) is 12.2. The fourth-order valence-electron chi connectivity index (χ4n) is 4.41. The van der Waals surface area contributed by atoms with Crippen molar-refractivity contribution >= 4 is 20.1 Å². The van der Waals surface area contributed by atoms with Gasteiger partial charge >= 0.3 is 0 Å². The van der Waals surface area contributed by atoms with Crippen molar-refractivity contribution in [3.63, 3.8) is 0 Å². The van der Waals surface area contributed by atoms with Crippen LogP contribution in [0.15, 0.2) is 29.2 Å². The zero-order valence-corrected chi connectivity index (χ0v) is 19.2. The van der Waals surface area contributed by atoms with E-state index in [0.717, 1.165) is 0 Å². The zero-order chi connectivity index (χ0) is 19.5. The van der Waals surface area contributed by atoms with E-state index in [4.69, 9.17) is 9.16 Å². The highest BCUT2D eigenvalue weighted by Crippen LogP contribution is 2.43. The molecule has 26 heavy (non-hydrogen) atoms. The molecule has 1 N–H and O–H groups in total. The van der Waals surface area contributed by atoms with E-state index >= 15 is 0 Å². The van der Waals surface area contributed by atoms with Crippen LogP contribution in [0.4, 0.5) is 0 Å². The van der Waals surface area contributed by atoms with E-state index in [-0.39, 0.29) is 11.5 Å². The van der Waals surface area contributed by atoms with Gasteiger partial charge in [-0.15, -0.1) is 0 Å². The third-order valence-electron chi connectivity index (χ3n) is 5.68. The SMILES string of the molecule is Cc1ccc(S[C@H]2C[C@H](O)[C@@H](CO[Si](C(C)C)(C(C)C)C(C)C)O2)cc1. The maximum absolute atomic E-state index is 10.5. The van der Waals surface area contributed by atoms with E-state index in [1.165, 1.54) is 10.5 Å². The lowest BCUT2D eigenvalue weighted by Gasteiger charge is -2.42. The van der Waals surface area contributed by atoms with Crippen molar-refractivity contribution in [1.82, 2.24) is 0 Å². The van der Waals surface area contributed by atoms with Gasteiger partial charge in [0, 0.05) is 11.3 Å². The molecule has 3 nitrogen and oxygen atoms in total. The summed E-state index contributed by atoms with van der Waals surface area (Å²) in [4.78, 5) is 1.18. The second kappa shape index (κ2) is 9.24. The van der Waals surface area contributed by atoms with Crippen LogP contribution in [0, 0.1) is 6.92 Å². The van der Waals surface area contributed by atoms with E-state index in [9.17, 15) is 5.11 Å². The predicted molar refractivity (Wildman–Crippen MR) is 113 cm³/mol. The monoisotopic (exact) mass is 396 g/mol. The van der Waals surface area contributed by atoms with Gasteiger partial charge in [0.1, 0.15) is 11.5 Å². The summed E-state index contributed by atoms with van der Waals surface area (Å²) in [5, 5.41) is 10.5. The molecule has 3 atom stereocenters. The van der Waals surface area contributed by atoms with Crippen molar-refractivity contribution in [2.75, 3.05) is 6.61 Å². The van der Waals surface area contributed by atoms with Crippen molar-refractivity contribution in [2.24, 2.45) is 0 Å². The molecule has 0 amide bonds. The van der Waals surface area contributed by atoms with Gasteiger partial charge < -0.3 is 14.3 Å². The Morgan fingerprint density at radius 2 is 1.62 bits per heavy atom. The fraction of sp³-hybridized carbons (Fsp3) is 0.714. The average molecular weight is 397 g/mol. The van der Waals surface area contributed by atoms with Crippen LogP contribution in [0.1, 0.15) is 53.5 Å². The number of ether oxygens (including phenoxy) is 1. The molecule has 1 fully saturated rings. The number of rotatable bonds is 8. The van der Waals surface area contributed by atoms with Gasteiger partial charge in [0.15, 0.2) is 8.32 Å². The minimum atomic E-state index is -1.93. The number of thioether (sulfide) groups is 1. The van der Waals surface area contributed by atoms with Crippen molar-refractivity contribution in [2.45, 2.75) is 94.0 Å². The lowest BCUT2D eigenvalue weighted by Crippen LogP contribution is -2.49. The number of aliphatic hydroxyl groups excluding tert-OH is 1. The molecule has 0 saturated carbocycles. The number of hydrogen-bond acceptors (Lipinski definition) is 4. The number of aryl methyl sites for hydroxylation is 1. The molecule has 0 spiro atoms. The van der Waals surface area contributed by atoms with E-state index in [2.05, 4.69) is 72.7 Å². The Hall–Kier alpha value is -0.333. The molecule has 1 aliphatic heterocycles. The van der Waals surface area contributed by atoms with Gasteiger partial charge in [-0.2, -0.15) is 0 Å². The summed E-state index contributed by atoms with van der Waals surface area (Å²) in [5.74, 6) is 0. The van der Waals surface area contributed by atoms with E-state index in [1.54, 1.807) is 11.8 Å². The van der Waals surface area contributed by atoms with Crippen LogP contribution < -0.4 is 0 Å². The molecule has 0 bridgehead atoms. The van der Waals surface area contributed by atoms with Gasteiger partial charge in [-0.05, 0) is 35.7 Å². The molecular formula is C21H36O3SSi. The van der Waals surface area contributed by atoms with Crippen LogP contribution in [-0.2, 0) is 9.16 Å². The van der Waals surface area contributed by atoms with E-state index < -0.39 is 14.4 Å². The van der Waals surface area contributed by atoms with Gasteiger partial charge in [0.05, 0.1) is 12.7 Å². The largest absolute Gasteiger partial charge is 0.413 e. The van der Waals surface area contributed by atoms with Gasteiger partial charge in [-0.1, -0.05) is 71.0 Å². The minimum absolute atomic E-state index is 0.00507. The lowest BCUT2D eigenvalue weighted by molar-refractivity contribution is -0.000122. The molecule has 0 aromatic heterocycles.